The summed E-state index contributed by atoms with van der Waals surface area (Å²) in [7, 11) is 0. The first-order valence-corrected chi connectivity index (χ1v) is 4.84. The molecule has 1 amide bonds. The van der Waals surface area contributed by atoms with E-state index in [1.165, 1.54) is 0 Å². The second kappa shape index (κ2) is 3.58. The van der Waals surface area contributed by atoms with Crippen LogP contribution in [0.1, 0.15) is 30.4 Å². The van der Waals surface area contributed by atoms with Crippen LogP contribution in [-0.2, 0) is 0 Å². The fraction of sp³-hybridized carbons (Fsp3) is 0.750. The molecule has 1 aliphatic rings. The summed E-state index contributed by atoms with van der Waals surface area (Å²) in [4.78, 5) is 13.4. The van der Waals surface area contributed by atoms with Crippen molar-refractivity contribution in [3.63, 3.8) is 0 Å². The predicted molar refractivity (Wildman–Crippen MR) is 49.9 cm³/mol. The minimum Gasteiger partial charge on any atom is -0.390 e. The zero-order chi connectivity index (χ0) is 10.9. The number of aromatic nitrogens is 4. The molecule has 1 aromatic rings. The number of nitrogens with zero attached hydrogens (tertiary/aromatic N) is 4. The first kappa shape index (κ1) is 10.0. The Morgan fingerprint density at radius 1 is 1.53 bits per heavy atom. The summed E-state index contributed by atoms with van der Waals surface area (Å²) in [5, 5.41) is 22.5. The van der Waals surface area contributed by atoms with Crippen molar-refractivity contribution in [2.24, 2.45) is 0 Å². The number of hydrogen-bond acceptors (Lipinski definition) is 5. The summed E-state index contributed by atoms with van der Waals surface area (Å²) >= 11 is 0. The molecule has 15 heavy (non-hydrogen) atoms. The smallest absolute Gasteiger partial charge is 0.295 e. The van der Waals surface area contributed by atoms with E-state index in [1.807, 2.05) is 0 Å². The number of tetrazole rings is 1. The molecular weight excluding hydrogens is 198 g/mol. The Bertz CT molecular complexity index is 338. The quantitative estimate of drug-likeness (QED) is 0.633. The number of aliphatic hydroxyl groups is 1. The van der Waals surface area contributed by atoms with E-state index >= 15 is 0 Å². The van der Waals surface area contributed by atoms with Gasteiger partial charge in [-0.2, -0.15) is 5.21 Å². The minimum absolute atomic E-state index is 0.0801. The largest absolute Gasteiger partial charge is 0.390 e. The van der Waals surface area contributed by atoms with Gasteiger partial charge in [0.1, 0.15) is 0 Å². The Balaban J connectivity index is 2.00. The number of aromatic amines is 1. The highest BCUT2D eigenvalue weighted by Crippen LogP contribution is 2.21. The van der Waals surface area contributed by atoms with E-state index in [-0.39, 0.29) is 11.7 Å². The van der Waals surface area contributed by atoms with Crippen LogP contribution in [-0.4, -0.2) is 55.2 Å². The van der Waals surface area contributed by atoms with Gasteiger partial charge in [0.05, 0.1) is 5.60 Å². The van der Waals surface area contributed by atoms with E-state index in [9.17, 15) is 9.90 Å². The van der Waals surface area contributed by atoms with E-state index in [2.05, 4.69) is 20.6 Å². The number of hydrogen-bond donors (Lipinski definition) is 2. The summed E-state index contributed by atoms with van der Waals surface area (Å²) in [6, 6.07) is 0. The predicted octanol–water partition coefficient (Wildman–Crippen LogP) is -0.813. The third-order valence-corrected chi connectivity index (χ3v) is 2.66. The molecule has 0 saturated carbocycles. The van der Waals surface area contributed by atoms with Gasteiger partial charge in [0.25, 0.3) is 11.7 Å². The maximum Gasteiger partial charge on any atom is 0.295 e. The highest BCUT2D eigenvalue weighted by Gasteiger charge is 2.31. The standard InChI is InChI=1S/C8H13N5O2/c1-8(15)2-4-13(5-3-8)7(14)6-9-11-12-10-6/h15H,2-5H2,1H3,(H,9,10,11,12). The minimum atomic E-state index is -0.659. The van der Waals surface area contributed by atoms with E-state index in [4.69, 9.17) is 0 Å². The number of rotatable bonds is 1. The molecule has 82 valence electrons. The number of carbonyl (C=O) groups excluding carboxylic acids is 1. The van der Waals surface area contributed by atoms with Crippen LogP contribution in [0.3, 0.4) is 0 Å². The summed E-state index contributed by atoms with van der Waals surface area (Å²) in [6.07, 6.45) is 1.16. The molecule has 7 nitrogen and oxygen atoms in total. The van der Waals surface area contributed by atoms with Crippen molar-refractivity contribution in [2.45, 2.75) is 25.4 Å². The Kier molecular flexibility index (Phi) is 2.39. The van der Waals surface area contributed by atoms with Crippen molar-refractivity contribution in [2.75, 3.05) is 13.1 Å². The first-order valence-electron chi connectivity index (χ1n) is 4.84. The lowest BCUT2D eigenvalue weighted by atomic mass is 9.94. The van der Waals surface area contributed by atoms with E-state index in [1.54, 1.807) is 11.8 Å². The number of likely N-dealkylation sites (tertiary alicyclic amines) is 1. The average molecular weight is 211 g/mol. The SMILES string of the molecule is CC1(O)CCN(C(=O)c2nn[nH]n2)CC1. The number of carbonyl (C=O) groups is 1. The van der Waals surface area contributed by atoms with E-state index < -0.39 is 5.60 Å². The molecule has 1 aliphatic heterocycles. The third kappa shape index (κ3) is 2.12. The molecule has 1 saturated heterocycles. The molecule has 0 radical (unpaired) electrons. The first-order chi connectivity index (χ1) is 7.08. The normalized spacial score (nSPS) is 20.3. The molecule has 0 bridgehead atoms. The van der Waals surface area contributed by atoms with Crippen molar-refractivity contribution in [3.05, 3.63) is 5.82 Å². The van der Waals surface area contributed by atoms with Gasteiger partial charge in [0.15, 0.2) is 0 Å². The molecule has 0 aliphatic carbocycles. The lowest BCUT2D eigenvalue weighted by Gasteiger charge is -2.35. The molecule has 0 aromatic carbocycles. The molecule has 0 atom stereocenters. The van der Waals surface area contributed by atoms with Crippen LogP contribution in [0.2, 0.25) is 0 Å². The van der Waals surface area contributed by atoms with Crippen molar-refractivity contribution in [1.82, 2.24) is 25.5 Å². The zero-order valence-corrected chi connectivity index (χ0v) is 8.47. The average Bonchev–Trinajstić information content (AvgIpc) is 2.69. The molecule has 7 heteroatoms. The second-order valence-electron chi connectivity index (χ2n) is 4.02. The molecule has 2 rings (SSSR count). The van der Waals surface area contributed by atoms with Crippen LogP contribution in [0, 0.1) is 0 Å². The van der Waals surface area contributed by atoms with Crippen LogP contribution in [0.4, 0.5) is 0 Å². The van der Waals surface area contributed by atoms with Crippen molar-refractivity contribution in [1.29, 1.82) is 0 Å². The third-order valence-electron chi connectivity index (χ3n) is 2.66. The molecule has 2 N–H and O–H groups in total. The van der Waals surface area contributed by atoms with Crippen LogP contribution < -0.4 is 0 Å². The van der Waals surface area contributed by atoms with Crippen molar-refractivity contribution < 1.29 is 9.90 Å². The Morgan fingerprint density at radius 3 is 2.73 bits per heavy atom. The van der Waals surface area contributed by atoms with Gasteiger partial charge in [0.2, 0.25) is 0 Å². The summed E-state index contributed by atoms with van der Waals surface area (Å²) in [6.45, 7) is 2.84. The number of nitrogens with one attached hydrogen (secondary N) is 1. The maximum atomic E-state index is 11.7. The van der Waals surface area contributed by atoms with Gasteiger partial charge in [-0.3, -0.25) is 4.79 Å². The lowest BCUT2D eigenvalue weighted by Crippen LogP contribution is -2.45. The lowest BCUT2D eigenvalue weighted by molar-refractivity contribution is -0.00237. The fourth-order valence-electron chi connectivity index (χ4n) is 1.59. The van der Waals surface area contributed by atoms with Gasteiger partial charge >= 0.3 is 0 Å². The molecular formula is C8H13N5O2. The van der Waals surface area contributed by atoms with Crippen molar-refractivity contribution >= 4 is 5.91 Å². The highest BCUT2D eigenvalue weighted by atomic mass is 16.3. The van der Waals surface area contributed by atoms with E-state index in [0.29, 0.717) is 25.9 Å². The number of H-pyrrole nitrogens is 1. The topological polar surface area (TPSA) is 95.0 Å². The van der Waals surface area contributed by atoms with Crippen LogP contribution in [0.25, 0.3) is 0 Å². The van der Waals surface area contributed by atoms with Gasteiger partial charge in [-0.25, -0.2) is 0 Å². The summed E-state index contributed by atoms with van der Waals surface area (Å²) in [5.41, 5.74) is -0.659. The summed E-state index contributed by atoms with van der Waals surface area (Å²) < 4.78 is 0. The second-order valence-corrected chi connectivity index (χ2v) is 4.02. The molecule has 2 heterocycles. The highest BCUT2D eigenvalue weighted by molar-refractivity contribution is 5.90. The van der Waals surface area contributed by atoms with Crippen LogP contribution in [0.5, 0.6) is 0 Å². The molecule has 0 unspecified atom stereocenters. The number of amides is 1. The van der Waals surface area contributed by atoms with Gasteiger partial charge in [-0.15, -0.1) is 10.2 Å². The van der Waals surface area contributed by atoms with Gasteiger partial charge in [-0.1, -0.05) is 0 Å². The molecule has 1 fully saturated rings. The van der Waals surface area contributed by atoms with Crippen LogP contribution in [0.15, 0.2) is 0 Å². The fourth-order valence-corrected chi connectivity index (χ4v) is 1.59. The molecule has 0 spiro atoms. The van der Waals surface area contributed by atoms with Crippen molar-refractivity contribution in [3.8, 4) is 0 Å². The van der Waals surface area contributed by atoms with Gasteiger partial charge in [0, 0.05) is 13.1 Å². The zero-order valence-electron chi connectivity index (χ0n) is 8.47. The Hall–Kier alpha value is -1.50. The Labute approximate surface area is 86.5 Å². The monoisotopic (exact) mass is 211 g/mol. The molecule has 1 aromatic heterocycles. The van der Waals surface area contributed by atoms with Gasteiger partial charge in [-0.05, 0) is 25.0 Å². The van der Waals surface area contributed by atoms with Crippen LogP contribution >= 0.6 is 0 Å². The van der Waals surface area contributed by atoms with Gasteiger partial charge < -0.3 is 10.0 Å². The Morgan fingerprint density at radius 2 is 2.20 bits per heavy atom. The summed E-state index contributed by atoms with van der Waals surface area (Å²) in [5.74, 6) is -0.157. The number of piperidine rings is 1. The maximum absolute atomic E-state index is 11.7. The van der Waals surface area contributed by atoms with E-state index in [0.717, 1.165) is 0 Å².